The average molecular weight is 242 g/mol. The van der Waals surface area contributed by atoms with Crippen LogP contribution < -0.4 is 0 Å². The number of aromatic nitrogens is 2. The Morgan fingerprint density at radius 1 is 1.22 bits per heavy atom. The fourth-order valence-electron chi connectivity index (χ4n) is 1.53. The van der Waals surface area contributed by atoms with Crippen molar-refractivity contribution in [2.45, 2.75) is 20.5 Å². The summed E-state index contributed by atoms with van der Waals surface area (Å²) in [5.74, 6) is -0.398. The van der Waals surface area contributed by atoms with E-state index in [1.807, 2.05) is 31.2 Å². The van der Waals surface area contributed by atoms with Gasteiger partial charge in [0, 0.05) is 11.9 Å². The Morgan fingerprint density at radius 3 is 2.72 bits per heavy atom. The number of hydrogen-bond donors (Lipinski definition) is 0. The van der Waals surface area contributed by atoms with Crippen molar-refractivity contribution in [2.24, 2.45) is 0 Å². The summed E-state index contributed by atoms with van der Waals surface area (Å²) in [7, 11) is 0. The Bertz CT molecular complexity index is 567. The van der Waals surface area contributed by atoms with Crippen LogP contribution in [0.15, 0.2) is 36.5 Å². The smallest absolute Gasteiger partial charge is 0.376 e. The van der Waals surface area contributed by atoms with Gasteiger partial charge in [-0.2, -0.15) is 0 Å². The second-order valence-electron chi connectivity index (χ2n) is 4.02. The van der Waals surface area contributed by atoms with E-state index in [4.69, 9.17) is 4.74 Å². The van der Waals surface area contributed by atoms with Gasteiger partial charge in [0.25, 0.3) is 0 Å². The van der Waals surface area contributed by atoms with Crippen molar-refractivity contribution in [3.63, 3.8) is 0 Å². The largest absolute Gasteiger partial charge is 0.455 e. The van der Waals surface area contributed by atoms with E-state index in [1.165, 1.54) is 0 Å². The summed E-state index contributed by atoms with van der Waals surface area (Å²) < 4.78 is 5.19. The van der Waals surface area contributed by atoms with Gasteiger partial charge in [0.2, 0.25) is 5.82 Å². The third-order valence-electron chi connectivity index (χ3n) is 2.60. The Morgan fingerprint density at radius 2 is 2.00 bits per heavy atom. The highest BCUT2D eigenvalue weighted by Gasteiger charge is 2.11. The highest BCUT2D eigenvalue weighted by atomic mass is 16.5. The van der Waals surface area contributed by atoms with Crippen molar-refractivity contribution in [2.75, 3.05) is 0 Å². The predicted octanol–water partition coefficient (Wildman–Crippen LogP) is 2.45. The summed E-state index contributed by atoms with van der Waals surface area (Å²) in [5, 5.41) is 0. The minimum Gasteiger partial charge on any atom is -0.455 e. The molecule has 4 heteroatoms. The lowest BCUT2D eigenvalue weighted by Crippen LogP contribution is -2.10. The van der Waals surface area contributed by atoms with Crippen molar-refractivity contribution >= 4 is 5.97 Å². The van der Waals surface area contributed by atoms with Crippen LogP contribution in [0.5, 0.6) is 0 Å². The molecule has 0 radical (unpaired) electrons. The third-order valence-corrected chi connectivity index (χ3v) is 2.60. The van der Waals surface area contributed by atoms with Gasteiger partial charge in [-0.1, -0.05) is 24.3 Å². The molecule has 0 unspecified atom stereocenters. The lowest BCUT2D eigenvalue weighted by atomic mass is 10.1. The van der Waals surface area contributed by atoms with Crippen molar-refractivity contribution in [1.29, 1.82) is 0 Å². The molecule has 4 nitrogen and oxygen atoms in total. The maximum absolute atomic E-state index is 11.7. The summed E-state index contributed by atoms with van der Waals surface area (Å²) in [5.41, 5.74) is 2.82. The number of esters is 1. The molecule has 0 amide bonds. The van der Waals surface area contributed by atoms with Gasteiger partial charge in [0.15, 0.2) is 0 Å². The summed E-state index contributed by atoms with van der Waals surface area (Å²) in [6, 6.07) is 9.51. The van der Waals surface area contributed by atoms with Crippen LogP contribution in [0.3, 0.4) is 0 Å². The van der Waals surface area contributed by atoms with Gasteiger partial charge >= 0.3 is 5.97 Å². The number of benzene rings is 1. The number of ether oxygens (including phenoxy) is 1. The molecule has 92 valence electrons. The normalized spacial score (nSPS) is 10.1. The number of aryl methyl sites for hydroxylation is 2. The molecular weight excluding hydrogens is 228 g/mol. The van der Waals surface area contributed by atoms with E-state index in [2.05, 4.69) is 9.97 Å². The Kier molecular flexibility index (Phi) is 3.67. The maximum Gasteiger partial charge on any atom is 0.376 e. The zero-order chi connectivity index (χ0) is 13.0. The molecule has 1 aromatic carbocycles. The van der Waals surface area contributed by atoms with E-state index in [0.717, 1.165) is 16.8 Å². The summed E-state index contributed by atoms with van der Waals surface area (Å²) in [6.45, 7) is 4.02. The molecule has 0 aliphatic rings. The van der Waals surface area contributed by atoms with Crippen molar-refractivity contribution in [1.82, 2.24) is 9.97 Å². The van der Waals surface area contributed by atoms with Gasteiger partial charge in [0.1, 0.15) is 6.61 Å². The quantitative estimate of drug-likeness (QED) is 0.776. The molecule has 0 aliphatic carbocycles. The van der Waals surface area contributed by atoms with Crippen molar-refractivity contribution < 1.29 is 9.53 Å². The number of nitrogens with zero attached hydrogens (tertiary/aromatic N) is 2. The zero-order valence-corrected chi connectivity index (χ0v) is 10.4. The van der Waals surface area contributed by atoms with Gasteiger partial charge in [-0.25, -0.2) is 14.8 Å². The highest BCUT2D eigenvalue weighted by Crippen LogP contribution is 2.09. The predicted molar refractivity (Wildman–Crippen MR) is 67.1 cm³/mol. The molecule has 0 atom stereocenters. The Balaban J connectivity index is 2.03. The third kappa shape index (κ3) is 2.91. The molecule has 1 aromatic heterocycles. The van der Waals surface area contributed by atoms with Gasteiger partial charge in [-0.3, -0.25) is 0 Å². The monoisotopic (exact) mass is 242 g/mol. The first-order chi connectivity index (χ1) is 8.66. The standard InChI is InChI=1S/C14H14N2O2/c1-10-5-3-4-6-12(10)9-18-14(17)13-15-8-7-11(2)16-13/h3-8H,9H2,1-2H3. The number of carbonyl (C=O) groups is 1. The van der Waals surface area contributed by atoms with Crippen LogP contribution in [0.25, 0.3) is 0 Å². The molecule has 2 rings (SSSR count). The van der Waals surface area contributed by atoms with Crippen molar-refractivity contribution in [3.8, 4) is 0 Å². The SMILES string of the molecule is Cc1ccnc(C(=O)OCc2ccccc2C)n1. The number of hydrogen-bond acceptors (Lipinski definition) is 4. The second kappa shape index (κ2) is 5.40. The van der Waals surface area contributed by atoms with Crippen LogP contribution in [0.4, 0.5) is 0 Å². The van der Waals surface area contributed by atoms with E-state index in [-0.39, 0.29) is 12.4 Å². The molecule has 0 saturated heterocycles. The minimum atomic E-state index is -0.498. The molecule has 1 heterocycles. The maximum atomic E-state index is 11.7. The first kappa shape index (κ1) is 12.2. The first-order valence-corrected chi connectivity index (χ1v) is 5.68. The van der Waals surface area contributed by atoms with E-state index in [0.29, 0.717) is 0 Å². The van der Waals surface area contributed by atoms with Gasteiger partial charge in [-0.15, -0.1) is 0 Å². The fourth-order valence-corrected chi connectivity index (χ4v) is 1.53. The fraction of sp³-hybridized carbons (Fsp3) is 0.214. The second-order valence-corrected chi connectivity index (χ2v) is 4.02. The molecule has 0 N–H and O–H groups in total. The van der Waals surface area contributed by atoms with Gasteiger partial charge in [-0.05, 0) is 31.0 Å². The number of carbonyl (C=O) groups excluding carboxylic acids is 1. The molecule has 0 saturated carbocycles. The molecule has 0 spiro atoms. The lowest BCUT2D eigenvalue weighted by molar-refractivity contribution is 0.0457. The van der Waals surface area contributed by atoms with Gasteiger partial charge < -0.3 is 4.74 Å². The van der Waals surface area contributed by atoms with Crippen LogP contribution in [-0.2, 0) is 11.3 Å². The molecule has 18 heavy (non-hydrogen) atoms. The van der Waals surface area contributed by atoms with Crippen LogP contribution in [0, 0.1) is 13.8 Å². The summed E-state index contributed by atoms with van der Waals surface area (Å²) in [6.07, 6.45) is 1.55. The van der Waals surface area contributed by atoms with E-state index >= 15 is 0 Å². The van der Waals surface area contributed by atoms with Crippen LogP contribution >= 0.6 is 0 Å². The molecule has 0 aliphatic heterocycles. The van der Waals surface area contributed by atoms with E-state index < -0.39 is 5.97 Å². The highest BCUT2D eigenvalue weighted by molar-refractivity contribution is 5.85. The lowest BCUT2D eigenvalue weighted by Gasteiger charge is -2.06. The van der Waals surface area contributed by atoms with Crippen LogP contribution in [0.1, 0.15) is 27.4 Å². The zero-order valence-electron chi connectivity index (χ0n) is 10.4. The Labute approximate surface area is 106 Å². The molecule has 0 fully saturated rings. The topological polar surface area (TPSA) is 52.1 Å². The molecule has 2 aromatic rings. The minimum absolute atomic E-state index is 0.101. The van der Waals surface area contributed by atoms with Gasteiger partial charge in [0.05, 0.1) is 0 Å². The average Bonchev–Trinajstić information content (AvgIpc) is 2.37. The van der Waals surface area contributed by atoms with Crippen molar-refractivity contribution in [3.05, 3.63) is 59.2 Å². The Hall–Kier alpha value is -2.23. The molecule has 0 bridgehead atoms. The summed E-state index contributed by atoms with van der Waals surface area (Å²) in [4.78, 5) is 19.6. The number of rotatable bonds is 3. The molecular formula is C14H14N2O2. The van der Waals surface area contributed by atoms with E-state index in [9.17, 15) is 4.79 Å². The summed E-state index contributed by atoms with van der Waals surface area (Å²) >= 11 is 0. The van der Waals surface area contributed by atoms with Crippen LogP contribution in [-0.4, -0.2) is 15.9 Å². The first-order valence-electron chi connectivity index (χ1n) is 5.68. The van der Waals surface area contributed by atoms with Crippen LogP contribution in [0.2, 0.25) is 0 Å². The van der Waals surface area contributed by atoms with E-state index in [1.54, 1.807) is 19.2 Å².